The number of hydrogen-bond acceptors (Lipinski definition) is 6. The van der Waals surface area contributed by atoms with E-state index in [0.29, 0.717) is 25.5 Å². The predicted octanol–water partition coefficient (Wildman–Crippen LogP) is 2.25. The van der Waals surface area contributed by atoms with E-state index >= 15 is 0 Å². The molecule has 0 aliphatic rings. The lowest BCUT2D eigenvalue weighted by atomic mass is 10.2. The summed E-state index contributed by atoms with van der Waals surface area (Å²) in [5.41, 5.74) is 1.29. The molecule has 0 spiro atoms. The predicted molar refractivity (Wildman–Crippen MR) is 77.9 cm³/mol. The fourth-order valence-corrected chi connectivity index (χ4v) is 3.86. The molecule has 2 aromatic heterocycles. The van der Waals surface area contributed by atoms with Crippen LogP contribution in [0.3, 0.4) is 0 Å². The zero-order valence-corrected chi connectivity index (χ0v) is 12.7. The minimum Gasteiger partial charge on any atom is -0.481 e. The van der Waals surface area contributed by atoms with E-state index in [1.54, 1.807) is 25.3 Å². The minimum absolute atomic E-state index is 0.0612. The van der Waals surface area contributed by atoms with Gasteiger partial charge in [-0.05, 0) is 30.3 Å². The fraction of sp³-hybridized carbons (Fsp3) is 0.231. The molecule has 2 aromatic rings. The number of carboxylic acids is 2. The summed E-state index contributed by atoms with van der Waals surface area (Å²) in [7, 11) is 0. The van der Waals surface area contributed by atoms with Crippen LogP contribution in [-0.4, -0.2) is 32.1 Å². The Hall–Kier alpha value is -1.93. The summed E-state index contributed by atoms with van der Waals surface area (Å²) in [6.45, 7) is 1.76. The standard InChI is InChI=1S/C13H12N2O4S2/c1-7-9(6-11(18)19)20-13(15-7)21-12-8(5-10(16)17)3-2-4-14-12/h2-4H,5-6H2,1H3,(H,16,17)(H,18,19). The Morgan fingerprint density at radius 2 is 2.00 bits per heavy atom. The van der Waals surface area contributed by atoms with Crippen LogP contribution < -0.4 is 0 Å². The van der Waals surface area contributed by atoms with Gasteiger partial charge in [-0.3, -0.25) is 9.59 Å². The van der Waals surface area contributed by atoms with E-state index in [4.69, 9.17) is 10.2 Å². The largest absolute Gasteiger partial charge is 0.481 e. The Morgan fingerprint density at radius 1 is 1.29 bits per heavy atom. The van der Waals surface area contributed by atoms with Crippen LogP contribution in [0.1, 0.15) is 16.1 Å². The van der Waals surface area contributed by atoms with Crippen molar-refractivity contribution in [2.45, 2.75) is 29.1 Å². The van der Waals surface area contributed by atoms with E-state index < -0.39 is 11.9 Å². The maximum Gasteiger partial charge on any atom is 0.308 e. The van der Waals surface area contributed by atoms with Gasteiger partial charge in [-0.2, -0.15) is 0 Å². The zero-order chi connectivity index (χ0) is 15.4. The molecule has 6 nitrogen and oxygen atoms in total. The van der Waals surface area contributed by atoms with Gasteiger partial charge in [0, 0.05) is 11.1 Å². The Labute approximate surface area is 128 Å². The lowest BCUT2D eigenvalue weighted by Gasteiger charge is -2.03. The maximum absolute atomic E-state index is 10.8. The average Bonchev–Trinajstić information content (AvgIpc) is 2.71. The molecule has 0 bridgehead atoms. The van der Waals surface area contributed by atoms with Gasteiger partial charge in [0.25, 0.3) is 0 Å². The number of carbonyl (C=O) groups is 2. The van der Waals surface area contributed by atoms with Crippen molar-refractivity contribution in [3.8, 4) is 0 Å². The number of pyridine rings is 1. The molecule has 0 aliphatic carbocycles. The number of carboxylic acid groups (broad SMARTS) is 2. The second kappa shape index (κ2) is 6.68. The third-order valence-corrected chi connectivity index (χ3v) is 4.84. The Morgan fingerprint density at radius 3 is 2.67 bits per heavy atom. The van der Waals surface area contributed by atoms with Crippen LogP contribution in [0.4, 0.5) is 0 Å². The van der Waals surface area contributed by atoms with Gasteiger partial charge in [-0.15, -0.1) is 11.3 Å². The van der Waals surface area contributed by atoms with Crippen molar-refractivity contribution in [2.75, 3.05) is 0 Å². The highest BCUT2D eigenvalue weighted by Crippen LogP contribution is 2.33. The van der Waals surface area contributed by atoms with Gasteiger partial charge in [0.1, 0.15) is 5.03 Å². The molecule has 0 fully saturated rings. The van der Waals surface area contributed by atoms with Crippen molar-refractivity contribution < 1.29 is 19.8 Å². The third-order valence-electron chi connectivity index (χ3n) is 2.56. The number of thiazole rings is 1. The van der Waals surface area contributed by atoms with Crippen molar-refractivity contribution in [1.82, 2.24) is 9.97 Å². The molecule has 0 atom stereocenters. The van der Waals surface area contributed by atoms with E-state index in [9.17, 15) is 9.59 Å². The molecule has 0 aromatic carbocycles. The van der Waals surface area contributed by atoms with Gasteiger partial charge < -0.3 is 10.2 Å². The monoisotopic (exact) mass is 324 g/mol. The number of aryl methyl sites for hydroxylation is 1. The van der Waals surface area contributed by atoms with Crippen molar-refractivity contribution in [1.29, 1.82) is 0 Å². The average molecular weight is 324 g/mol. The van der Waals surface area contributed by atoms with Crippen molar-refractivity contribution in [2.24, 2.45) is 0 Å². The molecule has 2 rings (SSSR count). The zero-order valence-electron chi connectivity index (χ0n) is 11.1. The molecule has 0 amide bonds. The summed E-state index contributed by atoms with van der Waals surface area (Å²) in [4.78, 5) is 30.8. The van der Waals surface area contributed by atoms with E-state index in [-0.39, 0.29) is 12.8 Å². The van der Waals surface area contributed by atoms with Crippen LogP contribution in [0, 0.1) is 6.92 Å². The van der Waals surface area contributed by atoms with Crippen LogP contribution in [0.15, 0.2) is 27.7 Å². The van der Waals surface area contributed by atoms with E-state index in [0.717, 1.165) is 0 Å². The fourth-order valence-electron chi connectivity index (χ4n) is 1.64. The van der Waals surface area contributed by atoms with E-state index in [2.05, 4.69) is 9.97 Å². The summed E-state index contributed by atoms with van der Waals surface area (Å²) < 4.78 is 0.661. The second-order valence-electron chi connectivity index (χ2n) is 4.20. The molecule has 0 saturated carbocycles. The van der Waals surface area contributed by atoms with E-state index in [1.165, 1.54) is 23.1 Å². The highest BCUT2D eigenvalue weighted by atomic mass is 32.2. The van der Waals surface area contributed by atoms with Crippen molar-refractivity contribution in [3.05, 3.63) is 34.5 Å². The quantitative estimate of drug-likeness (QED) is 0.840. The van der Waals surface area contributed by atoms with Gasteiger partial charge >= 0.3 is 11.9 Å². The van der Waals surface area contributed by atoms with Gasteiger partial charge in [0.15, 0.2) is 4.34 Å². The summed E-state index contributed by atoms with van der Waals surface area (Å²) in [5.74, 6) is -1.82. The van der Waals surface area contributed by atoms with Gasteiger partial charge in [-0.25, -0.2) is 9.97 Å². The van der Waals surface area contributed by atoms with Crippen LogP contribution in [-0.2, 0) is 22.4 Å². The number of nitrogens with zero attached hydrogens (tertiary/aromatic N) is 2. The molecular weight excluding hydrogens is 312 g/mol. The van der Waals surface area contributed by atoms with Crippen LogP contribution in [0.25, 0.3) is 0 Å². The molecule has 0 unspecified atom stereocenters. The molecule has 110 valence electrons. The Bertz CT molecular complexity index is 685. The summed E-state index contributed by atoms with van der Waals surface area (Å²) in [6, 6.07) is 3.40. The molecule has 0 aliphatic heterocycles. The molecule has 0 saturated heterocycles. The molecule has 21 heavy (non-hydrogen) atoms. The van der Waals surface area contributed by atoms with Gasteiger partial charge in [-0.1, -0.05) is 6.07 Å². The normalized spacial score (nSPS) is 10.5. The van der Waals surface area contributed by atoms with Crippen LogP contribution in [0.2, 0.25) is 0 Å². The highest BCUT2D eigenvalue weighted by Gasteiger charge is 2.15. The minimum atomic E-state index is -0.924. The molecule has 0 radical (unpaired) electrons. The molecule has 2 heterocycles. The second-order valence-corrected chi connectivity index (χ2v) is 6.52. The van der Waals surface area contributed by atoms with Crippen LogP contribution in [0.5, 0.6) is 0 Å². The first-order valence-electron chi connectivity index (χ1n) is 5.97. The lowest BCUT2D eigenvalue weighted by Crippen LogP contribution is -2.02. The Kier molecular flexibility index (Phi) is 4.92. The summed E-state index contributed by atoms with van der Waals surface area (Å²) >= 11 is 2.55. The lowest BCUT2D eigenvalue weighted by molar-refractivity contribution is -0.137. The summed E-state index contributed by atoms with van der Waals surface area (Å²) in [5, 5.41) is 18.3. The van der Waals surface area contributed by atoms with Crippen molar-refractivity contribution >= 4 is 35.0 Å². The molecule has 2 N–H and O–H groups in total. The Balaban J connectivity index is 2.22. The first-order valence-corrected chi connectivity index (χ1v) is 7.60. The van der Waals surface area contributed by atoms with Gasteiger partial charge in [0.05, 0.1) is 18.5 Å². The number of rotatable bonds is 6. The number of hydrogen-bond donors (Lipinski definition) is 2. The maximum atomic E-state index is 10.8. The third kappa shape index (κ3) is 4.27. The van der Waals surface area contributed by atoms with Gasteiger partial charge in [0.2, 0.25) is 0 Å². The SMILES string of the molecule is Cc1nc(Sc2ncccc2CC(=O)O)sc1CC(=O)O. The van der Waals surface area contributed by atoms with Crippen LogP contribution >= 0.6 is 23.1 Å². The number of aromatic nitrogens is 2. The summed E-state index contributed by atoms with van der Waals surface area (Å²) in [6.07, 6.45) is 1.42. The topological polar surface area (TPSA) is 100 Å². The molecular formula is C13H12N2O4S2. The van der Waals surface area contributed by atoms with Crippen molar-refractivity contribution in [3.63, 3.8) is 0 Å². The smallest absolute Gasteiger partial charge is 0.308 e. The van der Waals surface area contributed by atoms with E-state index in [1.807, 2.05) is 0 Å². The first kappa shape index (κ1) is 15.5. The molecule has 8 heteroatoms. The number of aliphatic carboxylic acids is 2. The highest BCUT2D eigenvalue weighted by molar-refractivity contribution is 8.01. The first-order chi connectivity index (χ1) is 9.95.